The zero-order valence-electron chi connectivity index (χ0n) is 13.5. The van der Waals surface area contributed by atoms with Gasteiger partial charge in [-0.05, 0) is 24.1 Å². The minimum absolute atomic E-state index is 0.0369. The van der Waals surface area contributed by atoms with Gasteiger partial charge in [0.15, 0.2) is 0 Å². The fourth-order valence-electron chi connectivity index (χ4n) is 2.71. The summed E-state index contributed by atoms with van der Waals surface area (Å²) < 4.78 is 0. The van der Waals surface area contributed by atoms with Crippen molar-refractivity contribution in [2.45, 2.75) is 25.4 Å². The number of hydrogen-bond acceptors (Lipinski definition) is 3. The number of rotatable bonds is 7. The van der Waals surface area contributed by atoms with Gasteiger partial charge < -0.3 is 11.1 Å². The molecule has 5 heteroatoms. The summed E-state index contributed by atoms with van der Waals surface area (Å²) >= 11 is 6.32. The Morgan fingerprint density at radius 3 is 2.43 bits per heavy atom. The van der Waals surface area contributed by atoms with Gasteiger partial charge >= 0.3 is 0 Å². The SMILES string of the molecule is CCC(C(Nc1ccccc1Cl)c1ccccc1)N(C)/N=C\N. The van der Waals surface area contributed by atoms with E-state index in [0.717, 1.165) is 12.1 Å². The van der Waals surface area contributed by atoms with Crippen LogP contribution in [0.25, 0.3) is 0 Å². The maximum atomic E-state index is 6.32. The van der Waals surface area contributed by atoms with Crippen molar-refractivity contribution in [3.63, 3.8) is 0 Å². The van der Waals surface area contributed by atoms with E-state index < -0.39 is 0 Å². The summed E-state index contributed by atoms with van der Waals surface area (Å²) in [5, 5.41) is 10.4. The minimum atomic E-state index is 0.0369. The predicted octanol–water partition coefficient (Wildman–Crippen LogP) is 4.11. The summed E-state index contributed by atoms with van der Waals surface area (Å²) in [6.45, 7) is 2.14. The molecule has 2 unspecified atom stereocenters. The number of nitrogens with two attached hydrogens (primary N) is 1. The lowest BCUT2D eigenvalue weighted by molar-refractivity contribution is 0.222. The van der Waals surface area contributed by atoms with Gasteiger partial charge in [-0.25, -0.2) is 0 Å². The number of nitrogens with one attached hydrogen (secondary N) is 1. The van der Waals surface area contributed by atoms with Crippen molar-refractivity contribution in [3.8, 4) is 0 Å². The molecule has 0 saturated carbocycles. The maximum Gasteiger partial charge on any atom is 0.106 e. The van der Waals surface area contributed by atoms with E-state index in [1.807, 2.05) is 54.5 Å². The van der Waals surface area contributed by atoms with E-state index in [1.165, 1.54) is 11.9 Å². The van der Waals surface area contributed by atoms with Crippen molar-refractivity contribution in [3.05, 3.63) is 65.2 Å². The maximum absolute atomic E-state index is 6.32. The van der Waals surface area contributed by atoms with Gasteiger partial charge in [0.05, 0.1) is 22.8 Å². The van der Waals surface area contributed by atoms with E-state index in [4.69, 9.17) is 17.3 Å². The van der Waals surface area contributed by atoms with Crippen molar-refractivity contribution in [1.82, 2.24) is 5.01 Å². The molecular weight excluding hydrogens is 308 g/mol. The molecule has 0 spiro atoms. The number of anilines is 1. The first-order valence-corrected chi connectivity index (χ1v) is 8.08. The van der Waals surface area contributed by atoms with Crippen molar-refractivity contribution in [2.75, 3.05) is 12.4 Å². The van der Waals surface area contributed by atoms with Crippen molar-refractivity contribution < 1.29 is 0 Å². The van der Waals surface area contributed by atoms with Gasteiger partial charge in [-0.2, -0.15) is 5.10 Å². The third-order valence-corrected chi connectivity index (χ3v) is 4.20. The van der Waals surface area contributed by atoms with Crippen molar-refractivity contribution in [2.24, 2.45) is 10.8 Å². The molecule has 0 bridgehead atoms. The Balaban J connectivity index is 2.37. The highest BCUT2D eigenvalue weighted by Crippen LogP contribution is 2.30. The van der Waals surface area contributed by atoms with Gasteiger partial charge in [0.25, 0.3) is 0 Å². The molecule has 2 aromatic rings. The fourth-order valence-corrected chi connectivity index (χ4v) is 2.90. The van der Waals surface area contributed by atoms with Crippen molar-refractivity contribution in [1.29, 1.82) is 0 Å². The van der Waals surface area contributed by atoms with E-state index in [-0.39, 0.29) is 12.1 Å². The number of para-hydroxylation sites is 1. The molecule has 0 fully saturated rings. The molecule has 2 atom stereocenters. The molecule has 0 aliphatic carbocycles. The molecule has 3 N–H and O–H groups in total. The highest BCUT2D eigenvalue weighted by Gasteiger charge is 2.25. The number of hydrogen-bond donors (Lipinski definition) is 2. The van der Waals surface area contributed by atoms with Crippen LogP contribution in [0.15, 0.2) is 59.7 Å². The number of likely N-dealkylation sites (N-methyl/N-ethyl adjacent to an activating group) is 1. The van der Waals surface area contributed by atoms with Crippen LogP contribution in [0.5, 0.6) is 0 Å². The normalized spacial score (nSPS) is 13.7. The third kappa shape index (κ3) is 4.39. The molecular formula is C18H23ClN4. The quantitative estimate of drug-likeness (QED) is 0.456. The van der Waals surface area contributed by atoms with Crippen LogP contribution in [0.3, 0.4) is 0 Å². The molecule has 4 nitrogen and oxygen atoms in total. The van der Waals surface area contributed by atoms with E-state index in [9.17, 15) is 0 Å². The smallest absolute Gasteiger partial charge is 0.106 e. The van der Waals surface area contributed by atoms with Crippen LogP contribution in [0.1, 0.15) is 24.9 Å². The fraction of sp³-hybridized carbons (Fsp3) is 0.278. The Morgan fingerprint density at radius 2 is 1.83 bits per heavy atom. The Labute approximate surface area is 142 Å². The summed E-state index contributed by atoms with van der Waals surface area (Å²) in [7, 11) is 1.93. The molecule has 2 aromatic carbocycles. The first-order chi connectivity index (χ1) is 11.2. The summed E-state index contributed by atoms with van der Waals surface area (Å²) in [5.74, 6) is 0. The first-order valence-electron chi connectivity index (χ1n) is 7.70. The summed E-state index contributed by atoms with van der Waals surface area (Å²) in [6.07, 6.45) is 2.23. The summed E-state index contributed by atoms with van der Waals surface area (Å²) in [6, 6.07) is 18.2. The molecule has 0 aliphatic rings. The first kappa shape index (κ1) is 17.2. The molecule has 0 saturated heterocycles. The molecule has 0 radical (unpaired) electrons. The molecule has 0 amide bonds. The van der Waals surface area contributed by atoms with Crippen LogP contribution < -0.4 is 11.1 Å². The highest BCUT2D eigenvalue weighted by molar-refractivity contribution is 6.33. The van der Waals surface area contributed by atoms with Gasteiger partial charge in [-0.1, -0.05) is 61.0 Å². The largest absolute Gasteiger partial charge is 0.388 e. The van der Waals surface area contributed by atoms with Gasteiger partial charge in [0.1, 0.15) is 6.34 Å². The van der Waals surface area contributed by atoms with Gasteiger partial charge in [0.2, 0.25) is 0 Å². The summed E-state index contributed by atoms with van der Waals surface area (Å²) in [5.41, 5.74) is 7.55. The third-order valence-electron chi connectivity index (χ3n) is 3.88. The number of hydrazone groups is 1. The Morgan fingerprint density at radius 1 is 1.17 bits per heavy atom. The Kier molecular flexibility index (Phi) is 6.29. The van der Waals surface area contributed by atoms with Crippen LogP contribution in [0.4, 0.5) is 5.69 Å². The van der Waals surface area contributed by atoms with E-state index in [0.29, 0.717) is 5.02 Å². The number of nitrogens with zero attached hydrogens (tertiary/aromatic N) is 2. The highest BCUT2D eigenvalue weighted by atomic mass is 35.5. The average Bonchev–Trinajstić information content (AvgIpc) is 2.57. The van der Waals surface area contributed by atoms with Gasteiger partial charge in [-0.15, -0.1) is 0 Å². The lowest BCUT2D eigenvalue weighted by atomic mass is 9.96. The van der Waals surface area contributed by atoms with Crippen LogP contribution in [-0.2, 0) is 0 Å². The summed E-state index contributed by atoms with van der Waals surface area (Å²) in [4.78, 5) is 0. The second kappa shape index (κ2) is 8.44. The average molecular weight is 331 g/mol. The second-order valence-electron chi connectivity index (χ2n) is 5.33. The lowest BCUT2D eigenvalue weighted by Crippen LogP contribution is -2.37. The topological polar surface area (TPSA) is 53.6 Å². The molecule has 0 aromatic heterocycles. The number of benzene rings is 2. The van der Waals surface area contributed by atoms with Gasteiger partial charge in [0, 0.05) is 7.05 Å². The number of halogens is 1. The standard InChI is InChI=1S/C18H23ClN4/c1-3-17(23(2)21-13-20)18(14-9-5-4-6-10-14)22-16-12-8-7-11-15(16)19/h4-13,17-18,22H,3H2,1-2H3,(H2,20,21). The molecule has 2 rings (SSSR count). The van der Waals surface area contributed by atoms with Crippen LogP contribution in [0.2, 0.25) is 5.02 Å². The Hall–Kier alpha value is -2.20. The van der Waals surface area contributed by atoms with E-state index >= 15 is 0 Å². The molecule has 0 aliphatic heterocycles. The zero-order chi connectivity index (χ0) is 16.7. The van der Waals surface area contributed by atoms with E-state index in [1.54, 1.807) is 0 Å². The minimum Gasteiger partial charge on any atom is -0.388 e. The zero-order valence-corrected chi connectivity index (χ0v) is 14.2. The molecule has 122 valence electrons. The molecule has 0 heterocycles. The van der Waals surface area contributed by atoms with Crippen LogP contribution in [0, 0.1) is 0 Å². The Bertz CT molecular complexity index is 630. The monoisotopic (exact) mass is 330 g/mol. The van der Waals surface area contributed by atoms with Crippen LogP contribution in [-0.4, -0.2) is 24.4 Å². The van der Waals surface area contributed by atoms with Crippen LogP contribution >= 0.6 is 11.6 Å². The lowest BCUT2D eigenvalue weighted by Gasteiger charge is -2.34. The molecule has 23 heavy (non-hydrogen) atoms. The van der Waals surface area contributed by atoms with Crippen molar-refractivity contribution >= 4 is 23.6 Å². The van der Waals surface area contributed by atoms with E-state index in [2.05, 4.69) is 29.5 Å². The second-order valence-corrected chi connectivity index (χ2v) is 5.73. The van der Waals surface area contributed by atoms with Gasteiger partial charge in [-0.3, -0.25) is 5.01 Å². The predicted molar refractivity (Wildman–Crippen MR) is 98.8 cm³/mol.